The number of thiophene rings is 1. The zero-order valence-corrected chi connectivity index (χ0v) is 21.5. The second kappa shape index (κ2) is 12.5. The number of esters is 1. The van der Waals surface area contributed by atoms with Gasteiger partial charge < -0.3 is 19.5 Å². The summed E-state index contributed by atoms with van der Waals surface area (Å²) < 4.78 is 11.2. The van der Waals surface area contributed by atoms with E-state index >= 15 is 0 Å². The molecule has 3 atom stereocenters. The van der Waals surface area contributed by atoms with Crippen LogP contribution in [0.25, 0.3) is 0 Å². The quantitative estimate of drug-likeness (QED) is 0.285. The second-order valence-electron chi connectivity index (χ2n) is 9.14. The summed E-state index contributed by atoms with van der Waals surface area (Å²) in [4.78, 5) is 28.4. The summed E-state index contributed by atoms with van der Waals surface area (Å²) in [6.07, 6.45) is 5.35. The lowest BCUT2D eigenvalue weighted by Gasteiger charge is -2.30. The first kappa shape index (κ1) is 26.4. The molecule has 2 unspecified atom stereocenters. The SMILES string of the molecule is CCCCCC[C@H](O)c1ccc(N2C(=O)CCC2C(OC)c2ccc(C(=O)OC(C)C)s2)cc1. The van der Waals surface area contributed by atoms with Crippen molar-refractivity contribution in [2.45, 2.75) is 90.1 Å². The molecule has 1 aliphatic rings. The number of hydrogen-bond donors (Lipinski definition) is 1. The molecule has 0 bridgehead atoms. The molecule has 2 aromatic rings. The van der Waals surface area contributed by atoms with Crippen molar-refractivity contribution in [3.8, 4) is 0 Å². The molecule has 1 fully saturated rings. The van der Waals surface area contributed by atoms with Crippen molar-refractivity contribution in [2.24, 2.45) is 0 Å². The third-order valence-corrected chi connectivity index (χ3v) is 7.32. The molecule has 2 heterocycles. The number of aliphatic hydroxyl groups excluding tert-OH is 1. The molecule has 34 heavy (non-hydrogen) atoms. The number of ether oxygens (including phenoxy) is 2. The van der Waals surface area contributed by atoms with Crippen LogP contribution < -0.4 is 4.90 Å². The third-order valence-electron chi connectivity index (χ3n) is 6.20. The van der Waals surface area contributed by atoms with Crippen molar-refractivity contribution in [1.29, 1.82) is 0 Å². The van der Waals surface area contributed by atoms with Gasteiger partial charge in [0.25, 0.3) is 0 Å². The molecule has 1 saturated heterocycles. The number of methoxy groups -OCH3 is 1. The Balaban J connectivity index is 1.73. The fourth-order valence-corrected chi connectivity index (χ4v) is 5.49. The molecule has 186 valence electrons. The van der Waals surface area contributed by atoms with Crippen molar-refractivity contribution in [2.75, 3.05) is 12.0 Å². The van der Waals surface area contributed by atoms with E-state index in [1.54, 1.807) is 18.1 Å². The number of carbonyl (C=O) groups excluding carboxylic acids is 2. The Morgan fingerprint density at radius 3 is 2.53 bits per heavy atom. The van der Waals surface area contributed by atoms with Crippen LogP contribution in [0, 0.1) is 0 Å². The molecule has 1 amide bonds. The Labute approximate surface area is 206 Å². The van der Waals surface area contributed by atoms with Crippen LogP contribution in [-0.4, -0.2) is 36.2 Å². The van der Waals surface area contributed by atoms with E-state index in [1.165, 1.54) is 24.2 Å². The van der Waals surface area contributed by atoms with Crippen LogP contribution in [0.15, 0.2) is 36.4 Å². The molecule has 1 aromatic carbocycles. The molecular weight excluding hydrogens is 450 g/mol. The summed E-state index contributed by atoms with van der Waals surface area (Å²) >= 11 is 1.35. The zero-order chi connectivity index (χ0) is 24.7. The lowest BCUT2D eigenvalue weighted by atomic mass is 10.0. The summed E-state index contributed by atoms with van der Waals surface area (Å²) in [5, 5.41) is 10.5. The summed E-state index contributed by atoms with van der Waals surface area (Å²) in [6, 6.07) is 11.1. The first-order valence-electron chi connectivity index (χ1n) is 12.3. The minimum absolute atomic E-state index is 0.0518. The third kappa shape index (κ3) is 6.46. The van der Waals surface area contributed by atoms with Gasteiger partial charge in [-0.1, -0.05) is 44.7 Å². The number of hydrogen-bond acceptors (Lipinski definition) is 6. The summed E-state index contributed by atoms with van der Waals surface area (Å²) in [5.41, 5.74) is 1.67. The molecule has 0 radical (unpaired) electrons. The number of unbranched alkanes of at least 4 members (excludes halogenated alkanes) is 3. The molecule has 0 aliphatic carbocycles. The van der Waals surface area contributed by atoms with Gasteiger partial charge in [-0.3, -0.25) is 4.79 Å². The van der Waals surface area contributed by atoms with Crippen LogP contribution in [0.1, 0.15) is 98.0 Å². The van der Waals surface area contributed by atoms with Crippen LogP contribution >= 0.6 is 11.3 Å². The lowest BCUT2D eigenvalue weighted by molar-refractivity contribution is -0.117. The predicted octanol–water partition coefficient (Wildman–Crippen LogP) is 6.20. The Kier molecular flexibility index (Phi) is 9.68. The number of carbonyl (C=O) groups is 2. The predicted molar refractivity (Wildman–Crippen MR) is 135 cm³/mol. The smallest absolute Gasteiger partial charge is 0.348 e. The van der Waals surface area contributed by atoms with E-state index in [4.69, 9.17) is 9.47 Å². The van der Waals surface area contributed by atoms with Crippen molar-refractivity contribution >= 4 is 28.9 Å². The number of aliphatic hydroxyl groups is 1. The van der Waals surface area contributed by atoms with E-state index in [1.807, 2.05) is 44.2 Å². The first-order chi connectivity index (χ1) is 16.3. The molecular formula is C27H37NO5S. The Bertz CT molecular complexity index is 939. The Morgan fingerprint density at radius 2 is 1.88 bits per heavy atom. The van der Waals surface area contributed by atoms with E-state index in [-0.39, 0.29) is 30.1 Å². The molecule has 0 spiro atoms. The standard InChI is InChI=1S/C27H37NO5S/c1-5-6-7-8-9-22(29)19-10-12-20(13-11-19)28-21(14-17-25(28)30)26(32-4)23-15-16-24(34-23)27(31)33-18(2)3/h10-13,15-16,18,21-22,26,29H,5-9,14,17H2,1-4H3/t21?,22-,26?/m0/s1. The summed E-state index contributed by atoms with van der Waals surface area (Å²) in [5.74, 6) is -0.291. The van der Waals surface area contributed by atoms with E-state index in [2.05, 4.69) is 6.92 Å². The largest absolute Gasteiger partial charge is 0.459 e. The highest BCUT2D eigenvalue weighted by Crippen LogP contribution is 2.39. The second-order valence-corrected chi connectivity index (χ2v) is 10.3. The van der Waals surface area contributed by atoms with E-state index in [0.717, 1.165) is 35.4 Å². The fourth-order valence-electron chi connectivity index (χ4n) is 4.47. The fraction of sp³-hybridized carbons (Fsp3) is 0.556. The minimum Gasteiger partial charge on any atom is -0.459 e. The highest BCUT2D eigenvalue weighted by atomic mass is 32.1. The molecule has 0 saturated carbocycles. The van der Waals surface area contributed by atoms with Crippen molar-refractivity contribution < 1.29 is 24.2 Å². The van der Waals surface area contributed by atoms with Crippen molar-refractivity contribution in [3.63, 3.8) is 0 Å². The van der Waals surface area contributed by atoms with Gasteiger partial charge in [-0.15, -0.1) is 11.3 Å². The Morgan fingerprint density at radius 1 is 1.15 bits per heavy atom. The highest BCUT2D eigenvalue weighted by Gasteiger charge is 2.39. The van der Waals surface area contributed by atoms with Gasteiger partial charge in [0.1, 0.15) is 11.0 Å². The Hall–Kier alpha value is -2.22. The maximum absolute atomic E-state index is 12.8. The number of anilines is 1. The van der Waals surface area contributed by atoms with E-state index in [9.17, 15) is 14.7 Å². The van der Waals surface area contributed by atoms with E-state index in [0.29, 0.717) is 17.7 Å². The summed E-state index contributed by atoms with van der Waals surface area (Å²) in [7, 11) is 1.63. The van der Waals surface area contributed by atoms with Crippen LogP contribution in [0.3, 0.4) is 0 Å². The van der Waals surface area contributed by atoms with Gasteiger partial charge in [0.2, 0.25) is 5.91 Å². The number of rotatable bonds is 12. The molecule has 6 nitrogen and oxygen atoms in total. The maximum Gasteiger partial charge on any atom is 0.348 e. The molecule has 1 aliphatic heterocycles. The maximum atomic E-state index is 12.8. The van der Waals surface area contributed by atoms with Gasteiger partial charge in [0.15, 0.2) is 0 Å². The zero-order valence-electron chi connectivity index (χ0n) is 20.7. The lowest BCUT2D eigenvalue weighted by Crippen LogP contribution is -2.37. The molecule has 3 rings (SSSR count). The highest BCUT2D eigenvalue weighted by molar-refractivity contribution is 7.14. The summed E-state index contributed by atoms with van der Waals surface area (Å²) in [6.45, 7) is 5.82. The van der Waals surface area contributed by atoms with Gasteiger partial charge in [-0.05, 0) is 56.5 Å². The van der Waals surface area contributed by atoms with Crippen molar-refractivity contribution in [3.05, 3.63) is 51.7 Å². The van der Waals surface area contributed by atoms with Gasteiger partial charge in [0.05, 0.1) is 18.2 Å². The average molecular weight is 488 g/mol. The van der Waals surface area contributed by atoms with Crippen LogP contribution in [0.2, 0.25) is 0 Å². The number of nitrogens with zero attached hydrogens (tertiary/aromatic N) is 1. The normalized spacial score (nSPS) is 17.9. The molecule has 1 N–H and O–H groups in total. The molecule has 1 aromatic heterocycles. The minimum atomic E-state index is -0.488. The van der Waals surface area contributed by atoms with Crippen LogP contribution in [-0.2, 0) is 14.3 Å². The topological polar surface area (TPSA) is 76.1 Å². The van der Waals surface area contributed by atoms with Gasteiger partial charge >= 0.3 is 5.97 Å². The van der Waals surface area contributed by atoms with Gasteiger partial charge in [-0.25, -0.2) is 4.79 Å². The number of amides is 1. The van der Waals surface area contributed by atoms with Gasteiger partial charge in [0, 0.05) is 24.1 Å². The van der Waals surface area contributed by atoms with Crippen LogP contribution in [0.4, 0.5) is 5.69 Å². The monoisotopic (exact) mass is 487 g/mol. The first-order valence-corrected chi connectivity index (χ1v) is 13.1. The molecule has 7 heteroatoms. The van der Waals surface area contributed by atoms with Gasteiger partial charge in [-0.2, -0.15) is 0 Å². The number of benzene rings is 1. The van der Waals surface area contributed by atoms with E-state index < -0.39 is 6.10 Å². The van der Waals surface area contributed by atoms with Crippen LogP contribution in [0.5, 0.6) is 0 Å². The average Bonchev–Trinajstić information content (AvgIpc) is 3.45. The van der Waals surface area contributed by atoms with Crippen molar-refractivity contribution in [1.82, 2.24) is 0 Å².